The standard InChI is InChI=1S/C70H93N5O16.2ClH/c1-9-59-49(3)69-70-50(4)60(10-2)66(75-70)46-54-12-14-62(72-54)68(52-43-57(90-39-35-86-31-27-82-23-19-78-7)48-58(44-52)91-40-36-87-32-28-83-24-20-79-8)64-16-15-63(73-64)67(61-13-11-53(71-61)45-65(59)74-69)51-41-55(88-37-33-84-29-25-80-21-17-76-5)47-56(42-51)89-38-34-85-30-26-81-22-18-77-6;;/h11-16,41-48,73-75H,9-10,17-40H2,1-8H3;2*1H. The fourth-order valence-corrected chi connectivity index (χ4v) is 10.7. The third kappa shape index (κ3) is 23.2. The molecule has 0 aliphatic carbocycles. The van der Waals surface area contributed by atoms with E-state index in [2.05, 4.69) is 101 Å². The van der Waals surface area contributed by atoms with Crippen LogP contribution in [0.2, 0.25) is 0 Å². The van der Waals surface area contributed by atoms with Crippen LogP contribution >= 0.6 is 0 Å². The van der Waals surface area contributed by atoms with Crippen molar-refractivity contribution >= 4 is 57.4 Å². The average molecular weight is 1330 g/mol. The Kier molecular flexibility index (Phi) is 34.3. The molecule has 510 valence electrons. The third-order valence-electron chi connectivity index (χ3n) is 15.1. The van der Waals surface area contributed by atoms with E-state index in [1.54, 1.807) is 28.4 Å². The zero-order chi connectivity index (χ0) is 63.8. The van der Waals surface area contributed by atoms with Gasteiger partial charge in [-0.25, -0.2) is 9.97 Å². The van der Waals surface area contributed by atoms with Gasteiger partial charge in [0.2, 0.25) is 22.8 Å². The number of H-pyrrole nitrogens is 5. The molecule has 0 amide bonds. The van der Waals surface area contributed by atoms with Crippen LogP contribution in [0.5, 0.6) is 23.0 Å². The maximum absolute atomic E-state index is 6.50. The van der Waals surface area contributed by atoms with Crippen LogP contribution in [0.15, 0.2) is 60.7 Å². The first-order chi connectivity index (χ1) is 44.7. The molecule has 21 nitrogen and oxygen atoms in total. The van der Waals surface area contributed by atoms with E-state index in [9.17, 15) is 0 Å². The van der Waals surface area contributed by atoms with Crippen LogP contribution in [-0.2, 0) is 69.7 Å². The molecule has 0 saturated heterocycles. The SMILES string of the molecule is CCc1c(C)c2[nH]c1cc1[nH+]c(c(-c3cc(OCCOCCOCCOC)cc(OCCOCCOCCOC)c3)c3ccc([nH]3)c(-c3cc(OCCOCCOCCOC)cc(OCCOCCOCCOC)c3)c3[nH+]c(cc4[nH]c2c(C)c4CC)C=C3)C=C1.[Cl-].[Cl-]. The van der Waals surface area contributed by atoms with E-state index >= 15 is 0 Å². The highest BCUT2D eigenvalue weighted by molar-refractivity contribution is 5.95. The van der Waals surface area contributed by atoms with Crippen molar-refractivity contribution in [3.05, 3.63) is 106 Å². The predicted molar refractivity (Wildman–Crippen MR) is 352 cm³/mol. The van der Waals surface area contributed by atoms with E-state index in [0.717, 1.165) is 91.0 Å². The number of fused-ring (bicyclic) bond motifs is 11. The summed E-state index contributed by atoms with van der Waals surface area (Å²) >= 11 is 0. The largest absolute Gasteiger partial charge is 1.00 e. The van der Waals surface area contributed by atoms with E-state index in [-0.39, 0.29) is 51.2 Å². The van der Waals surface area contributed by atoms with Crippen molar-refractivity contribution in [1.29, 1.82) is 0 Å². The Labute approximate surface area is 558 Å². The van der Waals surface area contributed by atoms with Crippen molar-refractivity contribution in [3.63, 3.8) is 0 Å². The molecule has 2 aliphatic heterocycles. The number of aryl methyl sites for hydroxylation is 4. The number of benzene rings is 2. The van der Waals surface area contributed by atoms with Gasteiger partial charge in [0.1, 0.15) is 49.4 Å². The van der Waals surface area contributed by atoms with Gasteiger partial charge in [-0.05, 0) is 96.5 Å². The van der Waals surface area contributed by atoms with E-state index in [1.165, 1.54) is 22.3 Å². The number of hydrogen-bond acceptors (Lipinski definition) is 16. The number of nitrogens with one attached hydrogen (secondary N) is 5. The molecule has 4 aromatic heterocycles. The quantitative estimate of drug-likeness (QED) is 0.0462. The fourth-order valence-electron chi connectivity index (χ4n) is 10.7. The number of rotatable bonds is 44. The summed E-state index contributed by atoms with van der Waals surface area (Å²) in [5, 5.41) is 0. The average Bonchev–Trinajstić information content (AvgIpc) is 1.68. The summed E-state index contributed by atoms with van der Waals surface area (Å²) in [6.45, 7) is 18.9. The normalized spacial score (nSPS) is 11.7. The molecule has 93 heavy (non-hydrogen) atoms. The van der Waals surface area contributed by atoms with Crippen LogP contribution in [0.3, 0.4) is 0 Å². The maximum atomic E-state index is 6.50. The zero-order valence-electron chi connectivity index (χ0n) is 55.3. The zero-order valence-corrected chi connectivity index (χ0v) is 56.8. The van der Waals surface area contributed by atoms with Crippen LogP contribution in [-0.4, -0.2) is 202 Å². The lowest BCUT2D eigenvalue weighted by Gasteiger charge is -2.14. The first kappa shape index (κ1) is 75.6. The Hall–Kier alpha value is -6.38. The first-order valence-corrected chi connectivity index (χ1v) is 31.6. The van der Waals surface area contributed by atoms with Crippen molar-refractivity contribution in [2.75, 3.05) is 187 Å². The molecule has 5 N–H and O–H groups in total. The minimum absolute atomic E-state index is 0. The van der Waals surface area contributed by atoms with Crippen LogP contribution < -0.4 is 53.7 Å². The molecule has 0 unspecified atom stereocenters. The van der Waals surface area contributed by atoms with Crippen molar-refractivity contribution in [2.45, 2.75) is 40.5 Å². The number of ether oxygens (including phenoxy) is 16. The lowest BCUT2D eigenvalue weighted by atomic mass is 10.0. The van der Waals surface area contributed by atoms with Gasteiger partial charge in [0.15, 0.2) is 0 Å². The third-order valence-corrected chi connectivity index (χ3v) is 15.1. The van der Waals surface area contributed by atoms with E-state index < -0.39 is 0 Å². The smallest absolute Gasteiger partial charge is 0.214 e. The summed E-state index contributed by atoms with van der Waals surface area (Å²) in [5.41, 5.74) is 17.7. The van der Waals surface area contributed by atoms with Crippen LogP contribution in [0, 0.1) is 13.8 Å². The highest BCUT2D eigenvalue weighted by Crippen LogP contribution is 2.39. The number of methoxy groups -OCH3 is 4. The topological polar surface area (TPSA) is 223 Å². The Morgan fingerprint density at radius 2 is 0.602 bits per heavy atom. The summed E-state index contributed by atoms with van der Waals surface area (Å²) in [4.78, 5) is 19.3. The Balaban J connectivity index is 0.00000686. The van der Waals surface area contributed by atoms with Crippen molar-refractivity contribution in [2.24, 2.45) is 0 Å². The minimum atomic E-state index is 0. The second-order valence-corrected chi connectivity index (χ2v) is 21.4. The molecular weight excluding hydrogens is 1240 g/mol. The monoisotopic (exact) mass is 1330 g/mol. The highest BCUT2D eigenvalue weighted by Gasteiger charge is 2.23. The highest BCUT2D eigenvalue weighted by atomic mass is 35.5. The molecule has 6 aromatic rings. The number of hydrogen-bond donors (Lipinski definition) is 3. The number of aromatic amines is 5. The number of aromatic nitrogens is 5. The molecular formula is C70H95Cl2N5O16. The minimum Gasteiger partial charge on any atom is -1.00 e. The van der Waals surface area contributed by atoms with Gasteiger partial charge in [-0.3, -0.25) is 0 Å². The summed E-state index contributed by atoms with van der Waals surface area (Å²) in [6.07, 6.45) is 10.2. The van der Waals surface area contributed by atoms with Crippen LogP contribution in [0.25, 0.3) is 79.7 Å². The number of halogens is 2. The summed E-state index contributed by atoms with van der Waals surface area (Å²) in [5.74, 6) is 2.38. The van der Waals surface area contributed by atoms with Crippen molar-refractivity contribution in [1.82, 2.24) is 15.0 Å². The molecule has 0 radical (unpaired) electrons. The van der Waals surface area contributed by atoms with Gasteiger partial charge < -0.3 is 116 Å². The molecule has 2 aromatic carbocycles. The summed E-state index contributed by atoms with van der Waals surface area (Å²) < 4.78 is 92.6. The predicted octanol–water partition coefficient (Wildman–Crippen LogP) is 3.85. The van der Waals surface area contributed by atoms with Crippen molar-refractivity contribution < 1.29 is 111 Å². The summed E-state index contributed by atoms with van der Waals surface area (Å²) in [6, 6.07) is 20.6. The van der Waals surface area contributed by atoms with Gasteiger partial charge in [-0.1, -0.05) is 13.8 Å². The molecule has 0 atom stereocenters. The maximum Gasteiger partial charge on any atom is 0.214 e. The lowest BCUT2D eigenvalue weighted by molar-refractivity contribution is -0.379. The molecule has 0 fully saturated rings. The van der Waals surface area contributed by atoms with Gasteiger partial charge in [0.05, 0.1) is 165 Å². The van der Waals surface area contributed by atoms with Crippen LogP contribution in [0.1, 0.15) is 58.9 Å². The molecule has 0 spiro atoms. The van der Waals surface area contributed by atoms with Crippen LogP contribution in [0.4, 0.5) is 0 Å². The lowest BCUT2D eigenvalue weighted by Crippen LogP contribution is -3.00. The molecule has 0 saturated carbocycles. The Morgan fingerprint density at radius 3 is 0.882 bits per heavy atom. The summed E-state index contributed by atoms with van der Waals surface area (Å²) in [7, 11) is 6.60. The Bertz CT molecular complexity index is 3180. The first-order valence-electron chi connectivity index (χ1n) is 31.6. The molecule has 10 bridgehead atoms. The second-order valence-electron chi connectivity index (χ2n) is 21.4. The van der Waals surface area contributed by atoms with Crippen molar-refractivity contribution in [3.8, 4) is 45.3 Å². The van der Waals surface area contributed by atoms with E-state index in [0.29, 0.717) is 155 Å². The van der Waals surface area contributed by atoms with Gasteiger partial charge in [-0.2, -0.15) is 0 Å². The molecule has 2 aliphatic rings. The fraction of sp³-hybridized carbons (Fsp3) is 0.486. The van der Waals surface area contributed by atoms with E-state index in [1.807, 2.05) is 36.4 Å². The van der Waals surface area contributed by atoms with Gasteiger partial charge in [0.25, 0.3) is 0 Å². The molecule has 23 heteroatoms. The Morgan fingerprint density at radius 1 is 0.323 bits per heavy atom. The van der Waals surface area contributed by atoms with Gasteiger partial charge in [-0.15, -0.1) is 0 Å². The second kappa shape index (κ2) is 42.1. The van der Waals surface area contributed by atoms with E-state index in [4.69, 9.17) is 75.8 Å². The molecule has 8 rings (SSSR count). The van der Waals surface area contributed by atoms with Gasteiger partial charge in [0, 0.05) is 88.0 Å². The molecule has 6 heterocycles. The van der Waals surface area contributed by atoms with Gasteiger partial charge >= 0.3 is 0 Å².